The first-order valence-electron chi connectivity index (χ1n) is 8.52. The van der Waals surface area contributed by atoms with Gasteiger partial charge in [0.05, 0.1) is 5.52 Å². The van der Waals surface area contributed by atoms with Crippen LogP contribution in [0, 0.1) is 5.92 Å². The van der Waals surface area contributed by atoms with Gasteiger partial charge in [-0.05, 0) is 59.3 Å². The number of aromatic nitrogens is 4. The molecule has 25 heavy (non-hydrogen) atoms. The van der Waals surface area contributed by atoms with E-state index in [9.17, 15) is 4.79 Å². The standard InChI is InChI=1S/C18H20BrN5O/c1-22-14(5-8-20-22)12-13-6-10-23(11-7-13)17(25)16-15-4-2-3-9-24(15)18(19)21-16/h2-5,8-9,13H,6-7,10-12H2,1H3. The fourth-order valence-electron chi connectivity index (χ4n) is 3.55. The zero-order valence-electron chi connectivity index (χ0n) is 14.1. The van der Waals surface area contributed by atoms with E-state index in [1.54, 1.807) is 0 Å². The molecule has 1 saturated heterocycles. The molecule has 4 rings (SSSR count). The van der Waals surface area contributed by atoms with Crippen LogP contribution in [0.1, 0.15) is 29.0 Å². The van der Waals surface area contributed by atoms with Crippen molar-refractivity contribution in [3.63, 3.8) is 0 Å². The summed E-state index contributed by atoms with van der Waals surface area (Å²) in [4.78, 5) is 19.3. The van der Waals surface area contributed by atoms with Crippen molar-refractivity contribution < 1.29 is 4.79 Å². The number of pyridine rings is 1. The Morgan fingerprint density at radius 2 is 2.08 bits per heavy atom. The normalized spacial score (nSPS) is 15.8. The number of nitrogens with zero attached hydrogens (tertiary/aromatic N) is 5. The molecule has 0 saturated carbocycles. The summed E-state index contributed by atoms with van der Waals surface area (Å²) < 4.78 is 4.49. The molecule has 0 radical (unpaired) electrons. The molecule has 0 aromatic carbocycles. The van der Waals surface area contributed by atoms with E-state index in [1.165, 1.54) is 5.69 Å². The largest absolute Gasteiger partial charge is 0.337 e. The highest BCUT2D eigenvalue weighted by Crippen LogP contribution is 2.24. The molecule has 0 bridgehead atoms. The second kappa shape index (κ2) is 6.63. The highest BCUT2D eigenvalue weighted by atomic mass is 79.9. The summed E-state index contributed by atoms with van der Waals surface area (Å²) in [5.41, 5.74) is 2.63. The third-order valence-electron chi connectivity index (χ3n) is 5.03. The number of aryl methyl sites for hydroxylation is 1. The van der Waals surface area contributed by atoms with E-state index >= 15 is 0 Å². The van der Waals surface area contributed by atoms with Crippen molar-refractivity contribution >= 4 is 27.4 Å². The minimum absolute atomic E-state index is 0.0217. The first-order chi connectivity index (χ1) is 12.1. The number of imidazole rings is 1. The van der Waals surface area contributed by atoms with Gasteiger partial charge in [-0.15, -0.1) is 0 Å². The smallest absolute Gasteiger partial charge is 0.274 e. The van der Waals surface area contributed by atoms with Crippen LogP contribution < -0.4 is 0 Å². The van der Waals surface area contributed by atoms with Crippen LogP contribution in [0.25, 0.3) is 5.52 Å². The van der Waals surface area contributed by atoms with Crippen molar-refractivity contribution in [2.75, 3.05) is 13.1 Å². The molecule has 1 amide bonds. The van der Waals surface area contributed by atoms with Gasteiger partial charge in [-0.1, -0.05) is 6.07 Å². The quantitative estimate of drug-likeness (QED) is 0.677. The van der Waals surface area contributed by atoms with Crippen molar-refractivity contribution in [1.29, 1.82) is 0 Å². The van der Waals surface area contributed by atoms with E-state index in [0.29, 0.717) is 16.3 Å². The van der Waals surface area contributed by atoms with Gasteiger partial charge in [0.1, 0.15) is 0 Å². The van der Waals surface area contributed by atoms with Crippen molar-refractivity contribution in [2.24, 2.45) is 13.0 Å². The molecule has 1 fully saturated rings. The van der Waals surface area contributed by atoms with Crippen LogP contribution in [0.2, 0.25) is 0 Å². The molecule has 0 aliphatic carbocycles. The van der Waals surface area contributed by atoms with Gasteiger partial charge in [0.2, 0.25) is 0 Å². The van der Waals surface area contributed by atoms with E-state index < -0.39 is 0 Å². The average Bonchev–Trinajstić information content (AvgIpc) is 3.19. The molecule has 0 N–H and O–H groups in total. The molecule has 0 unspecified atom stereocenters. The van der Waals surface area contributed by atoms with Gasteiger partial charge in [0.25, 0.3) is 5.91 Å². The molecule has 7 heteroatoms. The molecule has 1 aliphatic rings. The lowest BCUT2D eigenvalue weighted by Crippen LogP contribution is -2.39. The average molecular weight is 402 g/mol. The number of hydrogen-bond acceptors (Lipinski definition) is 3. The van der Waals surface area contributed by atoms with Crippen LogP contribution in [-0.4, -0.2) is 43.1 Å². The minimum Gasteiger partial charge on any atom is -0.337 e. The highest BCUT2D eigenvalue weighted by Gasteiger charge is 2.27. The Hall–Kier alpha value is -2.15. The van der Waals surface area contributed by atoms with E-state index in [2.05, 4.69) is 32.1 Å². The molecule has 6 nitrogen and oxygen atoms in total. The lowest BCUT2D eigenvalue weighted by atomic mass is 9.92. The van der Waals surface area contributed by atoms with Crippen molar-refractivity contribution in [1.82, 2.24) is 24.1 Å². The van der Waals surface area contributed by atoms with E-state index in [4.69, 9.17) is 0 Å². The van der Waals surface area contributed by atoms with Gasteiger partial charge in [-0.25, -0.2) is 4.98 Å². The van der Waals surface area contributed by atoms with Crippen LogP contribution in [0.3, 0.4) is 0 Å². The number of halogens is 1. The molecule has 3 aromatic heterocycles. The number of piperidine rings is 1. The molecule has 0 spiro atoms. The molecular formula is C18H20BrN5O. The fourth-order valence-corrected chi connectivity index (χ4v) is 4.03. The number of carbonyl (C=O) groups is 1. The van der Waals surface area contributed by atoms with Gasteiger partial charge in [0.15, 0.2) is 10.4 Å². The molecule has 4 heterocycles. The molecule has 3 aromatic rings. The summed E-state index contributed by atoms with van der Waals surface area (Å²) in [6.45, 7) is 1.57. The van der Waals surface area contributed by atoms with E-state index in [-0.39, 0.29) is 5.91 Å². The third-order valence-corrected chi connectivity index (χ3v) is 5.59. The van der Waals surface area contributed by atoms with Crippen molar-refractivity contribution in [3.8, 4) is 0 Å². The van der Waals surface area contributed by atoms with E-state index in [1.807, 2.05) is 51.6 Å². The number of fused-ring (bicyclic) bond motifs is 1. The van der Waals surface area contributed by atoms with Crippen molar-refractivity contribution in [2.45, 2.75) is 19.3 Å². The van der Waals surface area contributed by atoms with Gasteiger partial charge in [0, 0.05) is 38.2 Å². The highest BCUT2D eigenvalue weighted by molar-refractivity contribution is 9.10. The Balaban J connectivity index is 1.45. The van der Waals surface area contributed by atoms with Gasteiger partial charge < -0.3 is 4.90 Å². The summed E-state index contributed by atoms with van der Waals surface area (Å²) in [5, 5.41) is 4.23. The van der Waals surface area contributed by atoms with Crippen LogP contribution >= 0.6 is 15.9 Å². The first-order valence-corrected chi connectivity index (χ1v) is 9.31. The maximum atomic E-state index is 12.9. The Bertz CT molecular complexity index is 907. The first kappa shape index (κ1) is 16.3. The second-order valence-corrected chi connectivity index (χ2v) is 7.28. The fraction of sp³-hybridized carbons (Fsp3) is 0.389. The maximum Gasteiger partial charge on any atom is 0.274 e. The van der Waals surface area contributed by atoms with Gasteiger partial charge in [-0.2, -0.15) is 5.10 Å². The summed E-state index contributed by atoms with van der Waals surface area (Å²) in [5.74, 6) is 0.623. The predicted molar refractivity (Wildman–Crippen MR) is 98.4 cm³/mol. The van der Waals surface area contributed by atoms with Crippen LogP contribution in [0.15, 0.2) is 41.4 Å². The summed E-state index contributed by atoms with van der Waals surface area (Å²) in [6.07, 6.45) is 6.81. The second-order valence-electron chi connectivity index (χ2n) is 6.57. The Kier molecular flexibility index (Phi) is 4.33. The van der Waals surface area contributed by atoms with E-state index in [0.717, 1.165) is 37.9 Å². The number of likely N-dealkylation sites (tertiary alicyclic amines) is 1. The summed E-state index contributed by atoms with van der Waals surface area (Å²) in [6, 6.07) is 7.87. The molecule has 0 atom stereocenters. The lowest BCUT2D eigenvalue weighted by Gasteiger charge is -2.31. The van der Waals surface area contributed by atoms with Crippen LogP contribution in [0.4, 0.5) is 0 Å². The maximum absolute atomic E-state index is 12.9. The zero-order valence-corrected chi connectivity index (χ0v) is 15.7. The number of rotatable bonds is 3. The minimum atomic E-state index is 0.0217. The summed E-state index contributed by atoms with van der Waals surface area (Å²) >= 11 is 3.43. The molecule has 1 aliphatic heterocycles. The monoisotopic (exact) mass is 401 g/mol. The number of amides is 1. The van der Waals surface area contributed by atoms with Crippen molar-refractivity contribution in [3.05, 3.63) is 52.8 Å². The SMILES string of the molecule is Cn1nccc1CC1CCN(C(=O)c2nc(Br)n3ccccc23)CC1. The summed E-state index contributed by atoms with van der Waals surface area (Å²) in [7, 11) is 1.98. The third kappa shape index (κ3) is 3.08. The topological polar surface area (TPSA) is 55.4 Å². The zero-order chi connectivity index (χ0) is 17.4. The van der Waals surface area contributed by atoms with Gasteiger partial charge in [-0.3, -0.25) is 13.9 Å². The molecule has 130 valence electrons. The predicted octanol–water partition coefficient (Wildman–Crippen LogP) is 2.93. The number of hydrogen-bond donors (Lipinski definition) is 0. The lowest BCUT2D eigenvalue weighted by molar-refractivity contribution is 0.0686. The number of carbonyl (C=O) groups excluding carboxylic acids is 1. The Morgan fingerprint density at radius 1 is 1.28 bits per heavy atom. The van der Waals surface area contributed by atoms with Gasteiger partial charge >= 0.3 is 0 Å². The molecular weight excluding hydrogens is 382 g/mol. The Labute approximate surface area is 154 Å². The van der Waals surface area contributed by atoms with Crippen LogP contribution in [0.5, 0.6) is 0 Å². The van der Waals surface area contributed by atoms with Crippen LogP contribution in [-0.2, 0) is 13.5 Å². The Morgan fingerprint density at radius 3 is 2.80 bits per heavy atom.